The number of nitro groups is 1. The van der Waals surface area contributed by atoms with Crippen LogP contribution in [0.2, 0.25) is 0 Å². The largest absolute Gasteiger partial charge is 0.481 e. The van der Waals surface area contributed by atoms with Gasteiger partial charge in [-0.1, -0.05) is 30.3 Å². The van der Waals surface area contributed by atoms with Gasteiger partial charge in [-0.3, -0.25) is 14.9 Å². The monoisotopic (exact) mass is 331 g/mol. The summed E-state index contributed by atoms with van der Waals surface area (Å²) in [6, 6.07) is 9.29. The standard InChI is InChI=1S/C15H17N5O4/c16-14-12(20(23)24)9-17-15(19-14)18-11(6-7-13(21)22)8-10-4-2-1-3-5-10/h1-5,9,11H,6-8H2,(H,21,22)(H3,16,17,18,19). The van der Waals surface area contributed by atoms with Crippen LogP contribution in [0.15, 0.2) is 36.5 Å². The van der Waals surface area contributed by atoms with Gasteiger partial charge >= 0.3 is 11.7 Å². The lowest BCUT2D eigenvalue weighted by molar-refractivity contribution is -0.384. The van der Waals surface area contributed by atoms with Crippen LogP contribution in [0, 0.1) is 10.1 Å². The molecule has 0 saturated heterocycles. The summed E-state index contributed by atoms with van der Waals surface area (Å²) in [4.78, 5) is 28.6. The summed E-state index contributed by atoms with van der Waals surface area (Å²) in [5.41, 5.74) is 6.20. The Hall–Kier alpha value is -3.23. The minimum Gasteiger partial charge on any atom is -0.481 e. The highest BCUT2D eigenvalue weighted by Crippen LogP contribution is 2.19. The zero-order valence-corrected chi connectivity index (χ0v) is 12.8. The van der Waals surface area contributed by atoms with E-state index in [-0.39, 0.29) is 29.9 Å². The van der Waals surface area contributed by atoms with E-state index in [0.717, 1.165) is 11.8 Å². The van der Waals surface area contributed by atoms with Gasteiger partial charge in [0.1, 0.15) is 6.20 Å². The van der Waals surface area contributed by atoms with Gasteiger partial charge in [0.15, 0.2) is 0 Å². The summed E-state index contributed by atoms with van der Waals surface area (Å²) in [5, 5.41) is 22.6. The molecule has 2 aromatic rings. The van der Waals surface area contributed by atoms with Gasteiger partial charge in [-0.2, -0.15) is 4.98 Å². The Morgan fingerprint density at radius 1 is 1.38 bits per heavy atom. The van der Waals surface area contributed by atoms with Gasteiger partial charge in [-0.25, -0.2) is 4.98 Å². The first-order valence-electron chi connectivity index (χ1n) is 7.25. The normalized spacial score (nSPS) is 11.7. The molecule has 1 atom stereocenters. The molecule has 0 aliphatic carbocycles. The molecule has 0 fully saturated rings. The number of carbonyl (C=O) groups is 1. The van der Waals surface area contributed by atoms with Crippen LogP contribution < -0.4 is 11.1 Å². The molecule has 0 aliphatic rings. The third-order valence-electron chi connectivity index (χ3n) is 3.36. The van der Waals surface area contributed by atoms with E-state index in [1.165, 1.54) is 0 Å². The molecule has 4 N–H and O–H groups in total. The molecule has 24 heavy (non-hydrogen) atoms. The molecule has 126 valence electrons. The zero-order chi connectivity index (χ0) is 17.5. The number of rotatable bonds is 8. The minimum atomic E-state index is -0.904. The van der Waals surface area contributed by atoms with Crippen molar-refractivity contribution in [2.75, 3.05) is 11.1 Å². The minimum absolute atomic E-state index is 0.0209. The van der Waals surface area contributed by atoms with Crippen molar-refractivity contribution in [3.05, 3.63) is 52.2 Å². The number of hydrogen-bond acceptors (Lipinski definition) is 7. The van der Waals surface area contributed by atoms with Gasteiger partial charge in [-0.15, -0.1) is 0 Å². The molecule has 1 aromatic carbocycles. The van der Waals surface area contributed by atoms with Gasteiger partial charge in [-0.05, 0) is 18.4 Å². The number of anilines is 2. The third-order valence-corrected chi connectivity index (χ3v) is 3.36. The molecule has 0 saturated carbocycles. The Balaban J connectivity index is 2.13. The SMILES string of the molecule is Nc1nc(NC(CCC(=O)O)Cc2ccccc2)ncc1[N+](=O)[O-]. The summed E-state index contributed by atoms with van der Waals surface area (Å²) >= 11 is 0. The van der Waals surface area contributed by atoms with Crippen LogP contribution in [-0.4, -0.2) is 32.0 Å². The number of hydrogen-bond donors (Lipinski definition) is 3. The van der Waals surface area contributed by atoms with Crippen LogP contribution in [0.25, 0.3) is 0 Å². The molecule has 9 heteroatoms. The van der Waals surface area contributed by atoms with E-state index in [1.54, 1.807) is 0 Å². The number of carboxylic acid groups (broad SMARTS) is 1. The first-order valence-corrected chi connectivity index (χ1v) is 7.25. The number of benzene rings is 1. The number of nitrogens with two attached hydrogens (primary N) is 1. The molecule has 0 aliphatic heterocycles. The fourth-order valence-corrected chi connectivity index (χ4v) is 2.20. The lowest BCUT2D eigenvalue weighted by Gasteiger charge is -2.18. The van der Waals surface area contributed by atoms with Crippen molar-refractivity contribution in [1.82, 2.24) is 9.97 Å². The Bertz CT molecular complexity index is 723. The first kappa shape index (κ1) is 17.1. The van der Waals surface area contributed by atoms with E-state index in [0.29, 0.717) is 12.8 Å². The molecule has 0 spiro atoms. The highest BCUT2D eigenvalue weighted by molar-refractivity contribution is 5.66. The van der Waals surface area contributed by atoms with Crippen LogP contribution >= 0.6 is 0 Å². The number of nitrogens with one attached hydrogen (secondary N) is 1. The Labute approximate surface area is 137 Å². The van der Waals surface area contributed by atoms with Crippen LogP contribution in [0.1, 0.15) is 18.4 Å². The molecular weight excluding hydrogens is 314 g/mol. The van der Waals surface area contributed by atoms with Crippen LogP contribution in [0.5, 0.6) is 0 Å². The van der Waals surface area contributed by atoms with Crippen LogP contribution in [0.4, 0.5) is 17.5 Å². The van der Waals surface area contributed by atoms with Gasteiger partial charge in [0, 0.05) is 12.5 Å². The number of aliphatic carboxylic acids is 1. The average Bonchev–Trinajstić information content (AvgIpc) is 2.53. The van der Waals surface area contributed by atoms with E-state index >= 15 is 0 Å². The molecule has 0 radical (unpaired) electrons. The average molecular weight is 331 g/mol. The van der Waals surface area contributed by atoms with Crippen molar-refractivity contribution in [2.45, 2.75) is 25.3 Å². The zero-order valence-electron chi connectivity index (χ0n) is 12.8. The summed E-state index contributed by atoms with van der Waals surface area (Å²) in [6.07, 6.45) is 1.92. The van der Waals surface area contributed by atoms with Crippen LogP contribution in [-0.2, 0) is 11.2 Å². The first-order chi connectivity index (χ1) is 11.5. The summed E-state index contributed by atoms with van der Waals surface area (Å²) < 4.78 is 0. The Morgan fingerprint density at radius 3 is 2.67 bits per heavy atom. The number of carboxylic acids is 1. The molecule has 0 bridgehead atoms. The number of aromatic nitrogens is 2. The Kier molecular flexibility index (Phi) is 5.61. The Morgan fingerprint density at radius 2 is 2.08 bits per heavy atom. The summed E-state index contributed by atoms with van der Waals surface area (Å²) in [5.74, 6) is -1.02. The molecule has 1 aromatic heterocycles. The second-order valence-electron chi connectivity index (χ2n) is 5.18. The van der Waals surface area contributed by atoms with Gasteiger partial charge in [0.25, 0.3) is 0 Å². The van der Waals surface area contributed by atoms with Gasteiger partial charge in [0.2, 0.25) is 11.8 Å². The smallest absolute Gasteiger partial charge is 0.329 e. The summed E-state index contributed by atoms with van der Waals surface area (Å²) in [7, 11) is 0. The molecule has 1 heterocycles. The second-order valence-corrected chi connectivity index (χ2v) is 5.18. The van der Waals surface area contributed by atoms with Crippen molar-refractivity contribution in [3.63, 3.8) is 0 Å². The van der Waals surface area contributed by atoms with Crippen molar-refractivity contribution in [3.8, 4) is 0 Å². The highest BCUT2D eigenvalue weighted by Gasteiger charge is 2.17. The van der Waals surface area contributed by atoms with Gasteiger partial charge in [0.05, 0.1) is 4.92 Å². The highest BCUT2D eigenvalue weighted by atomic mass is 16.6. The fourth-order valence-electron chi connectivity index (χ4n) is 2.20. The number of nitrogen functional groups attached to an aromatic ring is 1. The van der Waals surface area contributed by atoms with E-state index in [2.05, 4.69) is 15.3 Å². The van der Waals surface area contributed by atoms with Crippen molar-refractivity contribution in [1.29, 1.82) is 0 Å². The van der Waals surface area contributed by atoms with Gasteiger partial charge < -0.3 is 16.2 Å². The van der Waals surface area contributed by atoms with E-state index in [9.17, 15) is 14.9 Å². The molecular formula is C15H17N5O4. The lowest BCUT2D eigenvalue weighted by atomic mass is 10.0. The third kappa shape index (κ3) is 4.90. The number of nitrogens with zero attached hydrogens (tertiary/aromatic N) is 3. The molecule has 9 nitrogen and oxygen atoms in total. The lowest BCUT2D eigenvalue weighted by Crippen LogP contribution is -2.25. The quantitative estimate of drug-likeness (QED) is 0.491. The van der Waals surface area contributed by atoms with E-state index in [4.69, 9.17) is 10.8 Å². The maximum absolute atomic E-state index is 10.8. The van der Waals surface area contributed by atoms with E-state index < -0.39 is 10.9 Å². The van der Waals surface area contributed by atoms with Crippen molar-refractivity contribution >= 4 is 23.4 Å². The fraction of sp³-hybridized carbons (Fsp3) is 0.267. The molecule has 2 rings (SSSR count). The maximum atomic E-state index is 10.8. The van der Waals surface area contributed by atoms with Crippen LogP contribution in [0.3, 0.4) is 0 Å². The molecule has 0 amide bonds. The van der Waals surface area contributed by atoms with Crippen molar-refractivity contribution in [2.24, 2.45) is 0 Å². The van der Waals surface area contributed by atoms with E-state index in [1.807, 2.05) is 30.3 Å². The predicted octanol–water partition coefficient (Wildman–Crippen LogP) is 1.85. The molecule has 1 unspecified atom stereocenters. The maximum Gasteiger partial charge on any atom is 0.329 e. The second kappa shape index (κ2) is 7.86. The van der Waals surface area contributed by atoms with Crippen molar-refractivity contribution < 1.29 is 14.8 Å². The topological polar surface area (TPSA) is 144 Å². The summed E-state index contributed by atoms with van der Waals surface area (Å²) in [6.45, 7) is 0. The predicted molar refractivity (Wildman–Crippen MR) is 87.5 cm³/mol.